The quantitative estimate of drug-likeness (QED) is 0.0770. The number of hydrogen-bond acceptors (Lipinski definition) is 0. The van der Waals surface area contributed by atoms with Gasteiger partial charge < -0.3 is 0 Å². The van der Waals surface area contributed by atoms with Gasteiger partial charge in [0.2, 0.25) is 0 Å². The summed E-state index contributed by atoms with van der Waals surface area (Å²) in [5.74, 6) is -2.08. The summed E-state index contributed by atoms with van der Waals surface area (Å²) in [7, 11) is 0. The van der Waals surface area contributed by atoms with E-state index < -0.39 is 5.96 Å². The molecule has 0 amide bonds. The maximum absolute atomic E-state index is 8.05. The van der Waals surface area contributed by atoms with Crippen LogP contribution in [-0.2, 0) is 0 Å². The Hall–Kier alpha value is 0.720. The van der Waals surface area contributed by atoms with Crippen molar-refractivity contribution in [3.63, 3.8) is 0 Å². The van der Waals surface area contributed by atoms with Crippen LogP contribution in [0.2, 0.25) is 0 Å². The van der Waals surface area contributed by atoms with E-state index in [4.69, 9.17) is 11.2 Å². The van der Waals surface area contributed by atoms with E-state index >= 15 is 0 Å². The van der Waals surface area contributed by atoms with Crippen LogP contribution in [0.25, 0.3) is 0 Å². The minimum absolute atomic E-state index is 1.34. The summed E-state index contributed by atoms with van der Waals surface area (Å²) in [5.41, 5.74) is 0. The Morgan fingerprint density at radius 2 is 0.485 bits per heavy atom. The molecular formula is C31H66ClP. The zero-order chi connectivity index (χ0) is 24.5. The van der Waals surface area contributed by atoms with E-state index in [1.807, 2.05) is 0 Å². The third-order valence-corrected chi connectivity index (χ3v) is 15.8. The molecule has 0 atom stereocenters. The van der Waals surface area contributed by atoms with Crippen LogP contribution in [0.3, 0.4) is 0 Å². The molecule has 0 aliphatic rings. The van der Waals surface area contributed by atoms with E-state index in [1.54, 1.807) is 0 Å². The van der Waals surface area contributed by atoms with Crippen LogP contribution >= 0.6 is 17.2 Å². The molecule has 0 saturated heterocycles. The van der Waals surface area contributed by atoms with E-state index in [1.165, 1.54) is 172 Å². The summed E-state index contributed by atoms with van der Waals surface area (Å²) in [5, 5.41) is 0. The SMILES string of the molecule is CCCCCCCCCCP(Cl)(CCCCCCC)(CCCCCCC)CCCCCCC. The summed E-state index contributed by atoms with van der Waals surface area (Å²) in [4.78, 5) is 0. The predicted molar refractivity (Wildman–Crippen MR) is 161 cm³/mol. The first-order valence-corrected chi connectivity index (χ1v) is 19.6. The Morgan fingerprint density at radius 3 is 0.697 bits per heavy atom. The van der Waals surface area contributed by atoms with Crippen molar-refractivity contribution in [2.45, 2.75) is 175 Å². The van der Waals surface area contributed by atoms with Gasteiger partial charge in [0, 0.05) is 0 Å². The van der Waals surface area contributed by atoms with Gasteiger partial charge in [0.25, 0.3) is 0 Å². The molecule has 0 N–H and O–H groups in total. The molecule has 0 saturated carbocycles. The van der Waals surface area contributed by atoms with Crippen molar-refractivity contribution in [2.24, 2.45) is 0 Å². The zero-order valence-corrected chi connectivity index (χ0v) is 25.6. The molecule has 0 aromatic carbocycles. The number of unbranched alkanes of at least 4 members (excludes halogenated alkanes) is 19. The van der Waals surface area contributed by atoms with Crippen molar-refractivity contribution in [2.75, 3.05) is 24.6 Å². The molecule has 0 heterocycles. The van der Waals surface area contributed by atoms with Crippen molar-refractivity contribution in [3.8, 4) is 0 Å². The summed E-state index contributed by atoms with van der Waals surface area (Å²) in [6.45, 7) is 9.31. The number of hydrogen-bond donors (Lipinski definition) is 0. The molecule has 0 spiro atoms. The fraction of sp³-hybridized carbons (Fsp3) is 1.00. The molecular weight excluding hydrogens is 439 g/mol. The van der Waals surface area contributed by atoms with Crippen LogP contribution < -0.4 is 0 Å². The van der Waals surface area contributed by atoms with Crippen molar-refractivity contribution in [3.05, 3.63) is 0 Å². The van der Waals surface area contributed by atoms with Gasteiger partial charge in [0.05, 0.1) is 0 Å². The van der Waals surface area contributed by atoms with Crippen molar-refractivity contribution in [1.82, 2.24) is 0 Å². The van der Waals surface area contributed by atoms with E-state index in [0.717, 1.165) is 0 Å². The predicted octanol–water partition coefficient (Wildman–Crippen LogP) is 12.7. The average Bonchev–Trinajstić information content (AvgIpc) is 2.81. The topological polar surface area (TPSA) is 0 Å². The molecule has 0 aliphatic heterocycles. The first kappa shape index (κ1) is 33.7. The molecule has 0 aliphatic carbocycles. The third kappa shape index (κ3) is 19.6. The molecule has 33 heavy (non-hydrogen) atoms. The maximum atomic E-state index is 8.05. The molecule has 0 aromatic rings. The third-order valence-electron chi connectivity index (χ3n) is 8.03. The molecule has 0 radical (unpaired) electrons. The molecule has 2 heteroatoms. The second-order valence-electron chi connectivity index (χ2n) is 11.4. The van der Waals surface area contributed by atoms with E-state index in [9.17, 15) is 0 Å². The van der Waals surface area contributed by atoms with E-state index in [2.05, 4.69) is 27.7 Å². The van der Waals surface area contributed by atoms with Gasteiger partial charge in [-0.25, -0.2) is 0 Å². The normalized spacial score (nSPS) is 13.3. The Morgan fingerprint density at radius 1 is 0.303 bits per heavy atom. The summed E-state index contributed by atoms with van der Waals surface area (Å²) < 4.78 is 0. The second-order valence-corrected chi connectivity index (χ2v) is 19.7. The van der Waals surface area contributed by atoms with Crippen molar-refractivity contribution < 1.29 is 0 Å². The fourth-order valence-corrected chi connectivity index (χ4v) is 12.5. The van der Waals surface area contributed by atoms with Crippen LogP contribution in [0.15, 0.2) is 0 Å². The molecule has 202 valence electrons. The average molecular weight is 505 g/mol. The van der Waals surface area contributed by atoms with Crippen LogP contribution in [0.4, 0.5) is 0 Å². The fourth-order valence-electron chi connectivity index (χ4n) is 5.64. The molecule has 0 nitrogen and oxygen atoms in total. The first-order chi connectivity index (χ1) is 16.0. The van der Waals surface area contributed by atoms with Gasteiger partial charge in [-0.2, -0.15) is 0 Å². The van der Waals surface area contributed by atoms with Gasteiger partial charge in [-0.15, -0.1) is 0 Å². The Bertz CT molecular complexity index is 356. The standard InChI is InChI=1S/C31H66ClP/c1-5-9-13-17-18-19-23-27-31-33(32,28-24-20-14-10-6-2,29-25-21-15-11-7-3)30-26-22-16-12-8-4/h5-31H2,1-4H3. The van der Waals surface area contributed by atoms with Crippen LogP contribution in [0.5, 0.6) is 0 Å². The first-order valence-electron chi connectivity index (χ1n) is 15.8. The monoisotopic (exact) mass is 504 g/mol. The van der Waals surface area contributed by atoms with Gasteiger partial charge in [-0.05, 0) is 0 Å². The molecule has 0 aromatic heterocycles. The van der Waals surface area contributed by atoms with E-state index in [-0.39, 0.29) is 0 Å². The van der Waals surface area contributed by atoms with Gasteiger partial charge in [-0.3, -0.25) is 0 Å². The summed E-state index contributed by atoms with van der Waals surface area (Å²) in [6, 6.07) is 0. The van der Waals surface area contributed by atoms with Gasteiger partial charge in [0.15, 0.2) is 0 Å². The van der Waals surface area contributed by atoms with Gasteiger partial charge >= 0.3 is 217 Å². The van der Waals surface area contributed by atoms with Gasteiger partial charge in [0.1, 0.15) is 0 Å². The molecule has 0 bridgehead atoms. The number of rotatable bonds is 27. The van der Waals surface area contributed by atoms with Crippen molar-refractivity contribution >= 4 is 17.2 Å². The Labute approximate surface area is 216 Å². The van der Waals surface area contributed by atoms with E-state index in [0.29, 0.717) is 0 Å². The molecule has 0 fully saturated rings. The molecule has 0 unspecified atom stereocenters. The van der Waals surface area contributed by atoms with Crippen molar-refractivity contribution in [1.29, 1.82) is 0 Å². The van der Waals surface area contributed by atoms with Crippen LogP contribution in [-0.4, -0.2) is 24.6 Å². The Kier molecular flexibility index (Phi) is 23.6. The minimum atomic E-state index is -2.08. The second kappa shape index (κ2) is 23.1. The summed E-state index contributed by atoms with van der Waals surface area (Å²) >= 11 is 8.05. The van der Waals surface area contributed by atoms with Gasteiger partial charge in [-0.1, -0.05) is 0 Å². The zero-order valence-electron chi connectivity index (χ0n) is 23.9. The van der Waals surface area contributed by atoms with Crippen LogP contribution in [0.1, 0.15) is 175 Å². The summed E-state index contributed by atoms with van der Waals surface area (Å²) in [6.07, 6.45) is 38.0. The van der Waals surface area contributed by atoms with Crippen LogP contribution in [0, 0.1) is 0 Å². The Balaban J connectivity index is 4.92. The number of halogens is 1. The molecule has 0 rings (SSSR count).